The van der Waals surface area contributed by atoms with E-state index in [0.717, 1.165) is 57.4 Å². The van der Waals surface area contributed by atoms with Crippen LogP contribution < -0.4 is 16.0 Å². The van der Waals surface area contributed by atoms with Crippen LogP contribution in [0.1, 0.15) is 16.9 Å². The van der Waals surface area contributed by atoms with Gasteiger partial charge in [0.25, 0.3) is 0 Å². The van der Waals surface area contributed by atoms with Crippen molar-refractivity contribution >= 4 is 43.8 Å². The van der Waals surface area contributed by atoms with Gasteiger partial charge in [-0.05, 0) is 41.8 Å². The monoisotopic (exact) mass is 492 g/mol. The zero-order valence-corrected chi connectivity index (χ0v) is 20.8. The average molecular weight is 493 g/mol. The van der Waals surface area contributed by atoms with Crippen molar-refractivity contribution in [3.05, 3.63) is 59.0 Å². The quantitative estimate of drug-likeness (QED) is 0.290. The number of benzene rings is 2. The summed E-state index contributed by atoms with van der Waals surface area (Å²) in [5, 5.41) is 11.8. The lowest BCUT2D eigenvalue weighted by atomic mass is 10.0. The number of ether oxygens (including phenoxy) is 1. The summed E-state index contributed by atoms with van der Waals surface area (Å²) in [4.78, 5) is 19.0. The number of carbonyl (C=O) groups excluding carboxylic acids is 1. The molecule has 5 rings (SSSR count). The Balaban J connectivity index is 1.43. The molecule has 6 nitrogen and oxygen atoms in total. The number of fused-ring (bicyclic) bond motifs is 2. The first-order chi connectivity index (χ1) is 16.7. The summed E-state index contributed by atoms with van der Waals surface area (Å²) in [6.07, 6.45) is 1.37. The third kappa shape index (κ3) is 5.06. The number of hydrogen-bond donors (Lipinski definition) is 3. The molecule has 2 aromatic heterocycles. The maximum absolute atomic E-state index is 12.7. The second-order valence-electron chi connectivity index (χ2n) is 8.24. The van der Waals surface area contributed by atoms with E-state index in [2.05, 4.69) is 58.4 Å². The van der Waals surface area contributed by atoms with Crippen molar-refractivity contribution in [2.45, 2.75) is 19.4 Å². The molecule has 0 radical (unpaired) electrons. The Morgan fingerprint density at radius 1 is 1.12 bits per heavy atom. The second kappa shape index (κ2) is 10.8. The molecule has 0 saturated heterocycles. The summed E-state index contributed by atoms with van der Waals surface area (Å²) in [6, 6.07) is 16.9. The lowest BCUT2D eigenvalue weighted by molar-refractivity contribution is -0.116. The Hall–Kier alpha value is -2.62. The number of methoxy groups -OCH3 is 1. The van der Waals surface area contributed by atoms with Crippen LogP contribution in [0.2, 0.25) is 0 Å². The first-order valence-corrected chi connectivity index (χ1v) is 13.2. The Kier molecular flexibility index (Phi) is 7.32. The summed E-state index contributed by atoms with van der Waals surface area (Å²) < 4.78 is 6.20. The van der Waals surface area contributed by atoms with Crippen molar-refractivity contribution in [3.8, 4) is 21.7 Å². The Morgan fingerprint density at radius 3 is 2.85 bits per heavy atom. The molecule has 0 bridgehead atoms. The molecule has 8 heteroatoms. The maximum atomic E-state index is 12.7. The van der Waals surface area contributed by atoms with Crippen LogP contribution in [0, 0.1) is 0 Å². The van der Waals surface area contributed by atoms with Crippen LogP contribution in [0.25, 0.3) is 31.9 Å². The van der Waals surface area contributed by atoms with E-state index >= 15 is 0 Å². The van der Waals surface area contributed by atoms with Crippen LogP contribution >= 0.6 is 22.7 Å². The fourth-order valence-electron chi connectivity index (χ4n) is 4.18. The highest BCUT2D eigenvalue weighted by atomic mass is 32.1. The zero-order chi connectivity index (χ0) is 23.3. The molecule has 1 aliphatic rings. The zero-order valence-electron chi connectivity index (χ0n) is 19.1. The molecule has 0 unspecified atom stereocenters. The predicted molar refractivity (Wildman–Crippen MR) is 142 cm³/mol. The van der Waals surface area contributed by atoms with Crippen LogP contribution in [0.5, 0.6) is 0 Å². The number of carbonyl (C=O) groups is 1. The number of anilines is 1. The normalized spacial score (nSPS) is 13.2. The SMILES string of the molecule is COCCNCCC(=O)Nc1sc2c(c1-c1nc3cc(-c4ccccc4)ccc3s1)CCNC2. The van der Waals surface area contributed by atoms with E-state index in [1.165, 1.54) is 16.0 Å². The Morgan fingerprint density at radius 2 is 2.00 bits per heavy atom. The predicted octanol–water partition coefficient (Wildman–Crippen LogP) is 4.90. The van der Waals surface area contributed by atoms with Crippen LogP contribution in [0.15, 0.2) is 48.5 Å². The van der Waals surface area contributed by atoms with E-state index in [1.807, 2.05) is 6.07 Å². The molecule has 176 valence electrons. The molecule has 0 fully saturated rings. The van der Waals surface area contributed by atoms with Gasteiger partial charge in [0, 0.05) is 43.6 Å². The standard InChI is InChI=1S/C26H28N4O2S2/c1-32-14-13-27-12-10-23(31)30-26-24(19-9-11-28-16-22(19)34-26)25-29-20-15-18(7-8-21(20)33-25)17-5-3-2-4-6-17/h2-8,15,27-28H,9-14,16H2,1H3,(H,30,31). The molecular weight excluding hydrogens is 464 g/mol. The van der Waals surface area contributed by atoms with Crippen LogP contribution in [0.3, 0.4) is 0 Å². The first kappa shape index (κ1) is 23.1. The fraction of sp³-hybridized carbons (Fsp3) is 0.308. The van der Waals surface area contributed by atoms with Gasteiger partial charge in [-0.2, -0.15) is 0 Å². The van der Waals surface area contributed by atoms with Gasteiger partial charge in [-0.15, -0.1) is 22.7 Å². The van der Waals surface area contributed by atoms with E-state index in [1.54, 1.807) is 29.8 Å². The van der Waals surface area contributed by atoms with Crippen molar-refractivity contribution in [2.24, 2.45) is 0 Å². The minimum Gasteiger partial charge on any atom is -0.383 e. The molecular formula is C26H28N4O2S2. The van der Waals surface area contributed by atoms with Gasteiger partial charge in [-0.25, -0.2) is 4.98 Å². The largest absolute Gasteiger partial charge is 0.383 e. The fourth-order valence-corrected chi connectivity index (χ4v) is 6.51. The number of nitrogens with zero attached hydrogens (tertiary/aromatic N) is 1. The third-order valence-corrected chi connectivity index (χ3v) is 8.10. The molecule has 3 heterocycles. The minimum atomic E-state index is 0.0187. The van der Waals surface area contributed by atoms with Gasteiger partial charge in [0.15, 0.2) is 0 Å². The van der Waals surface area contributed by atoms with Crippen molar-refractivity contribution in [1.82, 2.24) is 15.6 Å². The van der Waals surface area contributed by atoms with Gasteiger partial charge in [-0.3, -0.25) is 4.79 Å². The second-order valence-corrected chi connectivity index (χ2v) is 10.4. The highest BCUT2D eigenvalue weighted by Crippen LogP contribution is 2.45. The number of aromatic nitrogens is 1. The minimum absolute atomic E-state index is 0.0187. The topological polar surface area (TPSA) is 75.3 Å². The Bertz CT molecular complexity index is 1280. The summed E-state index contributed by atoms with van der Waals surface area (Å²) in [5.74, 6) is 0.0187. The smallest absolute Gasteiger partial charge is 0.226 e. The van der Waals surface area contributed by atoms with Gasteiger partial charge in [-0.1, -0.05) is 36.4 Å². The number of rotatable bonds is 9. The van der Waals surface area contributed by atoms with E-state index < -0.39 is 0 Å². The highest BCUT2D eigenvalue weighted by molar-refractivity contribution is 7.23. The van der Waals surface area contributed by atoms with Gasteiger partial charge >= 0.3 is 0 Å². The first-order valence-electron chi connectivity index (χ1n) is 11.5. The number of thiazole rings is 1. The number of nitrogens with one attached hydrogen (secondary N) is 3. The number of amides is 1. The molecule has 34 heavy (non-hydrogen) atoms. The summed E-state index contributed by atoms with van der Waals surface area (Å²) in [5.41, 5.74) is 5.76. The molecule has 1 aliphatic heterocycles. The summed E-state index contributed by atoms with van der Waals surface area (Å²) in [6.45, 7) is 3.78. The average Bonchev–Trinajstić information content (AvgIpc) is 3.44. The number of hydrogen-bond acceptors (Lipinski definition) is 7. The molecule has 0 saturated carbocycles. The molecule has 0 aliphatic carbocycles. The molecule has 1 amide bonds. The maximum Gasteiger partial charge on any atom is 0.226 e. The van der Waals surface area contributed by atoms with E-state index in [9.17, 15) is 4.79 Å². The van der Waals surface area contributed by atoms with Crippen LogP contribution in [-0.4, -0.2) is 44.2 Å². The van der Waals surface area contributed by atoms with Crippen molar-refractivity contribution in [2.75, 3.05) is 38.7 Å². The van der Waals surface area contributed by atoms with E-state index in [4.69, 9.17) is 9.72 Å². The van der Waals surface area contributed by atoms with Gasteiger partial charge < -0.3 is 20.7 Å². The van der Waals surface area contributed by atoms with Gasteiger partial charge in [0.05, 0.1) is 16.8 Å². The van der Waals surface area contributed by atoms with E-state index in [-0.39, 0.29) is 5.91 Å². The van der Waals surface area contributed by atoms with Gasteiger partial charge in [0.1, 0.15) is 10.0 Å². The van der Waals surface area contributed by atoms with Crippen molar-refractivity contribution < 1.29 is 9.53 Å². The van der Waals surface area contributed by atoms with Crippen molar-refractivity contribution in [1.29, 1.82) is 0 Å². The third-order valence-electron chi connectivity index (χ3n) is 5.90. The molecule has 0 spiro atoms. The van der Waals surface area contributed by atoms with Crippen LogP contribution in [0.4, 0.5) is 5.00 Å². The van der Waals surface area contributed by atoms with Gasteiger partial charge in [0.2, 0.25) is 5.91 Å². The lowest BCUT2D eigenvalue weighted by Gasteiger charge is -2.13. The van der Waals surface area contributed by atoms with E-state index in [0.29, 0.717) is 19.6 Å². The van der Waals surface area contributed by atoms with Crippen LogP contribution in [-0.2, 0) is 22.5 Å². The summed E-state index contributed by atoms with van der Waals surface area (Å²) >= 11 is 3.37. The molecule has 4 aromatic rings. The highest BCUT2D eigenvalue weighted by Gasteiger charge is 2.25. The Labute approximate surface area is 207 Å². The molecule has 3 N–H and O–H groups in total. The molecule has 2 aromatic carbocycles. The summed E-state index contributed by atoms with van der Waals surface area (Å²) in [7, 11) is 1.67. The van der Waals surface area contributed by atoms with Crippen molar-refractivity contribution in [3.63, 3.8) is 0 Å². The number of thiophene rings is 1. The molecule has 0 atom stereocenters. The lowest BCUT2D eigenvalue weighted by Crippen LogP contribution is -2.24.